The fourth-order valence-electron chi connectivity index (χ4n) is 1.85. The van der Waals surface area contributed by atoms with Gasteiger partial charge < -0.3 is 9.88 Å². The van der Waals surface area contributed by atoms with Crippen LogP contribution in [0.1, 0.15) is 31.9 Å². The topological polar surface area (TPSA) is 17.0 Å². The Morgan fingerprint density at radius 2 is 1.72 bits per heavy atom. The average molecular weight is 242 g/mol. The maximum Gasteiger partial charge on any atom is 0.0470 e. The third kappa shape index (κ3) is 4.04. The Labute approximate surface area is 110 Å². The molecular weight excluding hydrogens is 220 g/mol. The molecule has 0 radical (unpaired) electrons. The van der Waals surface area contributed by atoms with Crippen molar-refractivity contribution in [1.82, 2.24) is 9.88 Å². The zero-order valence-electron chi connectivity index (χ0n) is 11.5. The molecule has 1 N–H and O–H groups in total. The highest BCUT2D eigenvalue weighted by atomic mass is 15.0. The first-order valence-electron chi connectivity index (χ1n) is 6.46. The Balaban J connectivity index is 1.94. The minimum atomic E-state index is 0.168. The van der Waals surface area contributed by atoms with E-state index in [2.05, 4.69) is 79.4 Å². The predicted molar refractivity (Wildman–Crippen MR) is 76.6 cm³/mol. The first-order valence-corrected chi connectivity index (χ1v) is 6.46. The number of benzene rings is 1. The second kappa shape index (κ2) is 5.40. The monoisotopic (exact) mass is 242 g/mol. The molecule has 0 bridgehead atoms. The molecule has 1 aromatic heterocycles. The highest BCUT2D eigenvalue weighted by molar-refractivity contribution is 5.17. The highest BCUT2D eigenvalue weighted by Crippen LogP contribution is 2.08. The first-order chi connectivity index (χ1) is 8.53. The molecule has 0 saturated carbocycles. The molecule has 0 amide bonds. The summed E-state index contributed by atoms with van der Waals surface area (Å²) in [7, 11) is 0. The highest BCUT2D eigenvalue weighted by Gasteiger charge is 2.08. The van der Waals surface area contributed by atoms with Gasteiger partial charge in [-0.1, -0.05) is 30.3 Å². The molecule has 0 aliphatic carbocycles. The molecule has 1 aromatic carbocycles. The smallest absolute Gasteiger partial charge is 0.0470 e. The summed E-state index contributed by atoms with van der Waals surface area (Å²) in [6.45, 7) is 8.43. The lowest BCUT2D eigenvalue weighted by Crippen LogP contribution is -2.34. The van der Waals surface area contributed by atoms with Crippen molar-refractivity contribution in [2.24, 2.45) is 0 Å². The average Bonchev–Trinajstić information content (AvgIpc) is 2.75. The van der Waals surface area contributed by atoms with Crippen LogP contribution in [-0.4, -0.2) is 10.1 Å². The van der Waals surface area contributed by atoms with Gasteiger partial charge in [0.1, 0.15) is 0 Å². The van der Waals surface area contributed by atoms with Crippen LogP contribution in [0, 0.1) is 0 Å². The number of hydrogen-bond acceptors (Lipinski definition) is 1. The van der Waals surface area contributed by atoms with Gasteiger partial charge >= 0.3 is 0 Å². The molecule has 0 atom stereocenters. The second-order valence-corrected chi connectivity index (χ2v) is 5.78. The Morgan fingerprint density at radius 1 is 1.00 bits per heavy atom. The van der Waals surface area contributed by atoms with Crippen molar-refractivity contribution in [2.75, 3.05) is 0 Å². The van der Waals surface area contributed by atoms with Crippen LogP contribution in [0.4, 0.5) is 0 Å². The van der Waals surface area contributed by atoms with Crippen molar-refractivity contribution in [1.29, 1.82) is 0 Å². The van der Waals surface area contributed by atoms with Crippen LogP contribution < -0.4 is 5.32 Å². The van der Waals surface area contributed by atoms with Crippen LogP contribution in [0.3, 0.4) is 0 Å². The van der Waals surface area contributed by atoms with Gasteiger partial charge in [0.15, 0.2) is 0 Å². The van der Waals surface area contributed by atoms with Gasteiger partial charge in [0.2, 0.25) is 0 Å². The summed E-state index contributed by atoms with van der Waals surface area (Å²) in [5.41, 5.74) is 2.84. The van der Waals surface area contributed by atoms with Crippen LogP contribution in [0.5, 0.6) is 0 Å². The van der Waals surface area contributed by atoms with Gasteiger partial charge in [-0.3, -0.25) is 0 Å². The third-order valence-corrected chi connectivity index (χ3v) is 2.84. The molecule has 0 spiro atoms. The van der Waals surface area contributed by atoms with E-state index >= 15 is 0 Å². The SMILES string of the molecule is CC(C)(C)NCc1ccn(Cc2ccccc2)c1. The normalized spacial score (nSPS) is 11.7. The van der Waals surface area contributed by atoms with Crippen molar-refractivity contribution < 1.29 is 0 Å². The van der Waals surface area contributed by atoms with Crippen molar-refractivity contribution in [2.45, 2.75) is 39.4 Å². The molecule has 2 aromatic rings. The maximum atomic E-state index is 3.50. The molecular formula is C16H22N2. The zero-order chi connectivity index (χ0) is 13.0. The Hall–Kier alpha value is -1.54. The molecule has 0 aliphatic heterocycles. The van der Waals surface area contributed by atoms with Gasteiger partial charge in [-0.2, -0.15) is 0 Å². The van der Waals surface area contributed by atoms with Gasteiger partial charge in [-0.05, 0) is 38.0 Å². The summed E-state index contributed by atoms with van der Waals surface area (Å²) in [6.07, 6.45) is 4.36. The van der Waals surface area contributed by atoms with E-state index in [0.717, 1.165) is 13.1 Å². The van der Waals surface area contributed by atoms with Crippen LogP contribution >= 0.6 is 0 Å². The first kappa shape index (κ1) is 12.9. The van der Waals surface area contributed by atoms with Crippen molar-refractivity contribution in [3.63, 3.8) is 0 Å². The lowest BCUT2D eigenvalue weighted by atomic mass is 10.1. The van der Waals surface area contributed by atoms with Gasteiger partial charge in [-0.15, -0.1) is 0 Å². The summed E-state index contributed by atoms with van der Waals surface area (Å²) < 4.78 is 2.23. The standard InChI is InChI=1S/C16H22N2/c1-16(2,3)17-11-15-9-10-18(13-15)12-14-7-5-4-6-8-14/h4-10,13,17H,11-12H2,1-3H3. The third-order valence-electron chi connectivity index (χ3n) is 2.84. The lowest BCUT2D eigenvalue weighted by Gasteiger charge is -2.19. The van der Waals surface area contributed by atoms with Gasteiger partial charge in [0.25, 0.3) is 0 Å². The molecule has 0 unspecified atom stereocenters. The predicted octanol–water partition coefficient (Wildman–Crippen LogP) is 3.42. The Morgan fingerprint density at radius 3 is 2.39 bits per heavy atom. The van der Waals surface area contributed by atoms with E-state index in [9.17, 15) is 0 Å². The van der Waals surface area contributed by atoms with E-state index < -0.39 is 0 Å². The van der Waals surface area contributed by atoms with Gasteiger partial charge in [-0.25, -0.2) is 0 Å². The minimum Gasteiger partial charge on any atom is -0.350 e. The number of nitrogens with zero attached hydrogens (tertiary/aromatic N) is 1. The molecule has 0 fully saturated rings. The van der Waals surface area contributed by atoms with E-state index in [4.69, 9.17) is 0 Å². The van der Waals surface area contributed by atoms with Crippen LogP contribution in [-0.2, 0) is 13.1 Å². The molecule has 2 nitrogen and oxygen atoms in total. The van der Waals surface area contributed by atoms with E-state index in [1.54, 1.807) is 0 Å². The lowest BCUT2D eigenvalue weighted by molar-refractivity contribution is 0.424. The zero-order valence-corrected chi connectivity index (χ0v) is 11.5. The largest absolute Gasteiger partial charge is 0.350 e. The van der Waals surface area contributed by atoms with E-state index in [0.29, 0.717) is 0 Å². The van der Waals surface area contributed by atoms with E-state index in [1.807, 2.05) is 0 Å². The molecule has 0 saturated heterocycles. The summed E-state index contributed by atoms with van der Waals surface area (Å²) in [5, 5.41) is 3.50. The molecule has 96 valence electrons. The van der Waals surface area contributed by atoms with Crippen molar-refractivity contribution >= 4 is 0 Å². The number of rotatable bonds is 4. The number of nitrogens with one attached hydrogen (secondary N) is 1. The second-order valence-electron chi connectivity index (χ2n) is 5.78. The maximum absolute atomic E-state index is 3.50. The molecule has 2 heteroatoms. The van der Waals surface area contributed by atoms with Crippen LogP contribution in [0.25, 0.3) is 0 Å². The quantitative estimate of drug-likeness (QED) is 0.869. The fraction of sp³-hybridized carbons (Fsp3) is 0.375. The van der Waals surface area contributed by atoms with E-state index in [1.165, 1.54) is 11.1 Å². The summed E-state index contributed by atoms with van der Waals surface area (Å²) in [6, 6.07) is 12.7. The molecule has 1 heterocycles. The fourth-order valence-corrected chi connectivity index (χ4v) is 1.85. The minimum absolute atomic E-state index is 0.168. The molecule has 18 heavy (non-hydrogen) atoms. The summed E-state index contributed by atoms with van der Waals surface area (Å²) in [4.78, 5) is 0. The van der Waals surface area contributed by atoms with Gasteiger partial charge in [0, 0.05) is 31.0 Å². The molecule has 0 aliphatic rings. The summed E-state index contributed by atoms with van der Waals surface area (Å²) >= 11 is 0. The summed E-state index contributed by atoms with van der Waals surface area (Å²) in [5.74, 6) is 0. The number of aromatic nitrogens is 1. The number of hydrogen-bond donors (Lipinski definition) is 1. The molecule has 2 rings (SSSR count). The van der Waals surface area contributed by atoms with Gasteiger partial charge in [0.05, 0.1) is 0 Å². The Kier molecular flexibility index (Phi) is 3.87. The van der Waals surface area contributed by atoms with E-state index in [-0.39, 0.29) is 5.54 Å². The van der Waals surface area contributed by atoms with Crippen LogP contribution in [0.15, 0.2) is 48.8 Å². The van der Waals surface area contributed by atoms with Crippen LogP contribution in [0.2, 0.25) is 0 Å². The van der Waals surface area contributed by atoms with Crippen molar-refractivity contribution in [3.05, 3.63) is 59.9 Å². The Bertz CT molecular complexity index is 477. The van der Waals surface area contributed by atoms with Crippen molar-refractivity contribution in [3.8, 4) is 0 Å².